The Balaban J connectivity index is 2.01. The SMILES string of the molecule is CNc1ccccc1N(C=N)CCCc1ccc(Cl)cc1Cl. The number of halogens is 2. The molecule has 0 saturated heterocycles. The van der Waals surface area contributed by atoms with Crippen molar-refractivity contribution in [2.24, 2.45) is 0 Å². The molecule has 0 atom stereocenters. The van der Waals surface area contributed by atoms with Crippen molar-refractivity contribution in [3.05, 3.63) is 58.1 Å². The van der Waals surface area contributed by atoms with Crippen molar-refractivity contribution < 1.29 is 0 Å². The summed E-state index contributed by atoms with van der Waals surface area (Å²) in [6.45, 7) is 0.751. The lowest BCUT2D eigenvalue weighted by Gasteiger charge is -2.22. The quantitative estimate of drug-likeness (QED) is 0.547. The van der Waals surface area contributed by atoms with E-state index in [-0.39, 0.29) is 0 Å². The van der Waals surface area contributed by atoms with Crippen LogP contribution in [-0.4, -0.2) is 19.9 Å². The maximum atomic E-state index is 7.65. The smallest absolute Gasteiger partial charge is 0.0862 e. The molecular weight excluding hydrogens is 317 g/mol. The van der Waals surface area contributed by atoms with Gasteiger partial charge in [-0.2, -0.15) is 0 Å². The van der Waals surface area contributed by atoms with Gasteiger partial charge in [-0.1, -0.05) is 41.4 Å². The minimum Gasteiger partial charge on any atom is -0.386 e. The number of benzene rings is 2. The van der Waals surface area contributed by atoms with E-state index in [2.05, 4.69) is 5.32 Å². The molecule has 0 radical (unpaired) electrons. The number of nitrogens with zero attached hydrogens (tertiary/aromatic N) is 1. The van der Waals surface area contributed by atoms with Gasteiger partial charge >= 0.3 is 0 Å². The molecule has 0 saturated carbocycles. The van der Waals surface area contributed by atoms with Crippen molar-refractivity contribution in [1.29, 1.82) is 5.41 Å². The lowest BCUT2D eigenvalue weighted by atomic mass is 10.1. The summed E-state index contributed by atoms with van der Waals surface area (Å²) in [6.07, 6.45) is 3.11. The van der Waals surface area contributed by atoms with E-state index in [4.69, 9.17) is 28.6 Å². The van der Waals surface area contributed by atoms with Gasteiger partial charge in [-0.05, 0) is 42.7 Å². The molecule has 0 spiro atoms. The van der Waals surface area contributed by atoms with Crippen LogP contribution in [0.2, 0.25) is 10.0 Å². The predicted molar refractivity (Wildman–Crippen MR) is 96.9 cm³/mol. The first-order valence-electron chi connectivity index (χ1n) is 7.13. The van der Waals surface area contributed by atoms with Crippen LogP contribution in [0.3, 0.4) is 0 Å². The molecule has 2 aromatic rings. The van der Waals surface area contributed by atoms with Crippen LogP contribution >= 0.6 is 23.2 Å². The van der Waals surface area contributed by atoms with Gasteiger partial charge in [0, 0.05) is 23.6 Å². The predicted octanol–water partition coefficient (Wildman–Crippen LogP) is 5.08. The third kappa shape index (κ3) is 4.15. The van der Waals surface area contributed by atoms with Gasteiger partial charge in [-0.25, -0.2) is 0 Å². The number of hydrogen-bond acceptors (Lipinski definition) is 2. The number of nitrogens with one attached hydrogen (secondary N) is 2. The summed E-state index contributed by atoms with van der Waals surface area (Å²) in [6, 6.07) is 13.5. The maximum absolute atomic E-state index is 7.65. The molecule has 0 aliphatic rings. The zero-order valence-corrected chi connectivity index (χ0v) is 14.0. The van der Waals surface area contributed by atoms with Gasteiger partial charge in [0.2, 0.25) is 0 Å². The molecule has 0 amide bonds. The van der Waals surface area contributed by atoms with Crippen LogP contribution in [0.1, 0.15) is 12.0 Å². The van der Waals surface area contributed by atoms with Crippen LogP contribution in [0.4, 0.5) is 11.4 Å². The van der Waals surface area contributed by atoms with Crippen molar-refractivity contribution in [3.63, 3.8) is 0 Å². The third-order valence-corrected chi connectivity index (χ3v) is 4.09. The second-order valence-corrected chi connectivity index (χ2v) is 5.77. The number of hydrogen-bond donors (Lipinski definition) is 2. The van der Waals surface area contributed by atoms with Gasteiger partial charge in [0.25, 0.3) is 0 Å². The van der Waals surface area contributed by atoms with Gasteiger partial charge in [-0.15, -0.1) is 0 Å². The second kappa shape index (κ2) is 8.06. The van der Waals surface area contributed by atoms with Gasteiger partial charge in [-0.3, -0.25) is 5.41 Å². The van der Waals surface area contributed by atoms with Crippen LogP contribution in [0, 0.1) is 5.41 Å². The van der Waals surface area contributed by atoms with E-state index < -0.39 is 0 Å². The highest BCUT2D eigenvalue weighted by molar-refractivity contribution is 6.35. The summed E-state index contributed by atoms with van der Waals surface area (Å²) in [7, 11) is 1.88. The molecule has 0 fully saturated rings. The van der Waals surface area contributed by atoms with E-state index in [0.717, 1.165) is 36.3 Å². The average molecular weight is 336 g/mol. The van der Waals surface area contributed by atoms with Crippen LogP contribution in [-0.2, 0) is 6.42 Å². The fraction of sp³-hybridized carbons (Fsp3) is 0.235. The normalized spacial score (nSPS) is 10.3. The van der Waals surface area contributed by atoms with Crippen molar-refractivity contribution in [1.82, 2.24) is 0 Å². The van der Waals surface area contributed by atoms with Gasteiger partial charge in [0.15, 0.2) is 0 Å². The first-order valence-corrected chi connectivity index (χ1v) is 7.89. The van der Waals surface area contributed by atoms with E-state index in [9.17, 15) is 0 Å². The second-order valence-electron chi connectivity index (χ2n) is 4.93. The molecule has 0 heterocycles. The number of aryl methyl sites for hydroxylation is 1. The minimum absolute atomic E-state index is 0.651. The topological polar surface area (TPSA) is 39.1 Å². The molecule has 0 aliphatic heterocycles. The Morgan fingerprint density at radius 1 is 1.18 bits per heavy atom. The molecule has 2 rings (SSSR count). The summed E-state index contributed by atoms with van der Waals surface area (Å²) in [5, 5.41) is 12.2. The molecule has 116 valence electrons. The van der Waals surface area contributed by atoms with Crippen LogP contribution < -0.4 is 10.2 Å². The maximum Gasteiger partial charge on any atom is 0.0862 e. The molecule has 2 N–H and O–H groups in total. The summed E-state index contributed by atoms with van der Waals surface area (Å²) in [5.74, 6) is 0. The highest BCUT2D eigenvalue weighted by atomic mass is 35.5. The largest absolute Gasteiger partial charge is 0.386 e. The molecule has 2 aromatic carbocycles. The number of rotatable bonds is 7. The first-order chi connectivity index (χ1) is 10.7. The summed E-state index contributed by atoms with van der Waals surface area (Å²) >= 11 is 12.1. The molecule has 0 unspecified atom stereocenters. The number of anilines is 2. The van der Waals surface area contributed by atoms with Crippen LogP contribution in [0.15, 0.2) is 42.5 Å². The van der Waals surface area contributed by atoms with Crippen molar-refractivity contribution >= 4 is 40.9 Å². The third-order valence-electron chi connectivity index (χ3n) is 3.50. The Labute approximate surface area is 141 Å². The Bertz CT molecular complexity index is 644. The zero-order valence-electron chi connectivity index (χ0n) is 12.4. The van der Waals surface area contributed by atoms with Crippen LogP contribution in [0.5, 0.6) is 0 Å². The lowest BCUT2D eigenvalue weighted by molar-refractivity contribution is 0.822. The zero-order chi connectivity index (χ0) is 15.9. The standard InChI is InChI=1S/C17H19Cl2N3/c1-21-16-6-2-3-7-17(16)22(12-20)10-4-5-13-8-9-14(18)11-15(13)19/h2-3,6-9,11-12,20-21H,4-5,10H2,1H3. The number of para-hydroxylation sites is 2. The van der Waals surface area contributed by atoms with Gasteiger partial charge in [0.1, 0.15) is 0 Å². The Morgan fingerprint density at radius 2 is 1.95 bits per heavy atom. The molecule has 3 nitrogen and oxygen atoms in total. The Hall–Kier alpha value is -1.71. The van der Waals surface area contributed by atoms with E-state index in [1.165, 1.54) is 6.34 Å². The molecule has 0 aromatic heterocycles. The van der Waals surface area contributed by atoms with E-state index in [0.29, 0.717) is 10.0 Å². The molecule has 5 heteroatoms. The molecule has 0 aliphatic carbocycles. The Morgan fingerprint density at radius 3 is 2.64 bits per heavy atom. The van der Waals surface area contributed by atoms with E-state index in [1.807, 2.05) is 48.3 Å². The van der Waals surface area contributed by atoms with E-state index in [1.54, 1.807) is 6.07 Å². The minimum atomic E-state index is 0.651. The highest BCUT2D eigenvalue weighted by Crippen LogP contribution is 2.25. The molecule has 22 heavy (non-hydrogen) atoms. The van der Waals surface area contributed by atoms with Gasteiger partial charge in [0.05, 0.1) is 17.7 Å². The first kappa shape index (κ1) is 16.7. The molecule has 0 bridgehead atoms. The molecular formula is C17H19Cl2N3. The lowest BCUT2D eigenvalue weighted by Crippen LogP contribution is -2.23. The fourth-order valence-electron chi connectivity index (χ4n) is 2.35. The van der Waals surface area contributed by atoms with Crippen molar-refractivity contribution in [2.45, 2.75) is 12.8 Å². The van der Waals surface area contributed by atoms with Crippen molar-refractivity contribution in [2.75, 3.05) is 23.8 Å². The van der Waals surface area contributed by atoms with E-state index >= 15 is 0 Å². The average Bonchev–Trinajstić information content (AvgIpc) is 2.53. The Kier molecular flexibility index (Phi) is 6.10. The monoisotopic (exact) mass is 335 g/mol. The van der Waals surface area contributed by atoms with Gasteiger partial charge < -0.3 is 10.2 Å². The summed E-state index contributed by atoms with van der Waals surface area (Å²) < 4.78 is 0. The summed E-state index contributed by atoms with van der Waals surface area (Å²) in [4.78, 5) is 1.93. The van der Waals surface area contributed by atoms with Crippen LogP contribution in [0.25, 0.3) is 0 Å². The fourth-order valence-corrected chi connectivity index (χ4v) is 2.86. The van der Waals surface area contributed by atoms with Crippen molar-refractivity contribution in [3.8, 4) is 0 Å². The summed E-state index contributed by atoms with van der Waals surface area (Å²) in [5.41, 5.74) is 3.09. The highest BCUT2D eigenvalue weighted by Gasteiger charge is 2.08.